The van der Waals surface area contributed by atoms with Gasteiger partial charge in [0.05, 0.1) is 11.0 Å². The summed E-state index contributed by atoms with van der Waals surface area (Å²) in [5, 5.41) is 9.77. The van der Waals surface area contributed by atoms with E-state index in [1.807, 2.05) is 36.4 Å². The van der Waals surface area contributed by atoms with Crippen molar-refractivity contribution in [3.63, 3.8) is 0 Å². The molecule has 5 nitrogen and oxygen atoms in total. The monoisotopic (exact) mass is 539 g/mol. The molecule has 0 heterocycles. The van der Waals surface area contributed by atoms with Gasteiger partial charge < -0.3 is 5.11 Å². The van der Waals surface area contributed by atoms with Crippen molar-refractivity contribution in [3.8, 4) is 11.1 Å². The molecule has 0 fully saturated rings. The summed E-state index contributed by atoms with van der Waals surface area (Å²) in [6.45, 7) is 2.14. The Hall–Kier alpha value is -2.70. The molecular formula is C32H45NO4S. The maximum Gasteiger partial charge on any atom is 0.264 e. The average molecular weight is 540 g/mol. The largest absolute Gasteiger partial charge is 0.389 e. The summed E-state index contributed by atoms with van der Waals surface area (Å²) in [4.78, 5) is 12.3. The molecule has 2 aromatic rings. The number of carbonyl (C=O) groups excluding carboxylic acids is 1. The molecule has 0 aliphatic carbocycles. The lowest BCUT2D eigenvalue weighted by atomic mass is 10.1. The number of hydrogen-bond donors (Lipinski definition) is 2. The van der Waals surface area contributed by atoms with Crippen LogP contribution < -0.4 is 4.72 Å². The topological polar surface area (TPSA) is 83.5 Å². The van der Waals surface area contributed by atoms with E-state index in [2.05, 4.69) is 29.9 Å². The Morgan fingerprint density at radius 2 is 1.37 bits per heavy atom. The van der Waals surface area contributed by atoms with E-state index in [1.54, 1.807) is 12.1 Å². The number of hydrogen-bond acceptors (Lipinski definition) is 4. The zero-order valence-electron chi connectivity index (χ0n) is 22.9. The molecule has 1 amide bonds. The molecule has 0 aromatic heterocycles. The molecule has 38 heavy (non-hydrogen) atoms. The predicted octanol–water partition coefficient (Wildman–Crippen LogP) is 7.72. The first-order valence-electron chi connectivity index (χ1n) is 14.1. The Balaban J connectivity index is 1.52. The first kappa shape index (κ1) is 31.5. The summed E-state index contributed by atoms with van der Waals surface area (Å²) in [5.41, 5.74) is 1.93. The molecule has 1 atom stereocenters. The van der Waals surface area contributed by atoms with Crippen molar-refractivity contribution in [1.29, 1.82) is 0 Å². The maximum atomic E-state index is 12.5. The molecule has 2 aromatic carbocycles. The van der Waals surface area contributed by atoms with Crippen LogP contribution >= 0.6 is 0 Å². The third-order valence-electron chi connectivity index (χ3n) is 6.41. The van der Waals surface area contributed by atoms with Gasteiger partial charge in [0.25, 0.3) is 10.0 Å². The van der Waals surface area contributed by atoms with E-state index < -0.39 is 15.9 Å². The molecule has 0 aliphatic heterocycles. The van der Waals surface area contributed by atoms with E-state index in [1.165, 1.54) is 37.8 Å². The normalized spacial score (nSPS) is 12.8. The number of benzene rings is 2. The van der Waals surface area contributed by atoms with Gasteiger partial charge in [-0.3, -0.25) is 4.79 Å². The summed E-state index contributed by atoms with van der Waals surface area (Å²) in [6, 6.07) is 16.3. The van der Waals surface area contributed by atoms with Crippen LogP contribution in [0.15, 0.2) is 83.8 Å². The van der Waals surface area contributed by atoms with Crippen LogP contribution in [-0.4, -0.2) is 25.5 Å². The maximum absolute atomic E-state index is 12.5. The van der Waals surface area contributed by atoms with Gasteiger partial charge in [0.1, 0.15) is 0 Å². The molecule has 0 bridgehead atoms. The Morgan fingerprint density at radius 3 is 2.03 bits per heavy atom. The summed E-state index contributed by atoms with van der Waals surface area (Å²) >= 11 is 0. The van der Waals surface area contributed by atoms with E-state index in [0.29, 0.717) is 6.42 Å². The zero-order chi connectivity index (χ0) is 27.5. The Morgan fingerprint density at radius 1 is 0.789 bits per heavy atom. The minimum atomic E-state index is -3.87. The number of allylic oxidation sites excluding steroid dienone is 3. The van der Waals surface area contributed by atoms with Gasteiger partial charge in [-0.15, -0.1) is 0 Å². The summed E-state index contributed by atoms with van der Waals surface area (Å²) in [6.07, 6.45) is 20.7. The molecular weight excluding hydrogens is 494 g/mol. The summed E-state index contributed by atoms with van der Waals surface area (Å²) < 4.78 is 27.2. The Kier molecular flexibility index (Phi) is 15.4. The fourth-order valence-corrected chi connectivity index (χ4v) is 5.16. The van der Waals surface area contributed by atoms with Gasteiger partial charge in [-0.25, -0.2) is 13.1 Å². The quantitative estimate of drug-likeness (QED) is 0.141. The van der Waals surface area contributed by atoms with Gasteiger partial charge in [-0.1, -0.05) is 106 Å². The predicted molar refractivity (Wildman–Crippen MR) is 157 cm³/mol. The van der Waals surface area contributed by atoms with Gasteiger partial charge in [-0.05, 0) is 68.2 Å². The van der Waals surface area contributed by atoms with Crippen LogP contribution in [0.3, 0.4) is 0 Å². The van der Waals surface area contributed by atoms with Crippen molar-refractivity contribution < 1.29 is 18.3 Å². The van der Waals surface area contributed by atoms with E-state index in [9.17, 15) is 18.3 Å². The van der Waals surface area contributed by atoms with Crippen LogP contribution in [0.1, 0.15) is 90.4 Å². The molecule has 0 spiro atoms. The Bertz CT molecular complexity index is 1080. The molecule has 2 rings (SSSR count). The van der Waals surface area contributed by atoms with Crippen molar-refractivity contribution in [3.05, 3.63) is 78.9 Å². The van der Waals surface area contributed by atoms with Crippen LogP contribution in [0.25, 0.3) is 11.1 Å². The molecule has 0 unspecified atom stereocenters. The second kappa shape index (κ2) is 18.5. The second-order valence-electron chi connectivity index (χ2n) is 9.77. The molecule has 0 aliphatic rings. The van der Waals surface area contributed by atoms with Crippen LogP contribution in [-0.2, 0) is 14.8 Å². The van der Waals surface area contributed by atoms with E-state index >= 15 is 0 Å². The summed E-state index contributed by atoms with van der Waals surface area (Å²) in [5.74, 6) is -0.476. The zero-order valence-corrected chi connectivity index (χ0v) is 23.7. The minimum Gasteiger partial charge on any atom is -0.389 e. The van der Waals surface area contributed by atoms with Crippen LogP contribution in [0.4, 0.5) is 0 Å². The highest BCUT2D eigenvalue weighted by atomic mass is 32.2. The number of aliphatic hydroxyl groups is 1. The van der Waals surface area contributed by atoms with E-state index in [-0.39, 0.29) is 17.4 Å². The smallest absolute Gasteiger partial charge is 0.264 e. The third-order valence-corrected chi connectivity index (χ3v) is 7.80. The first-order chi connectivity index (χ1) is 18.4. The SMILES string of the molecule is CCCC[C@@H](O)/C=C\CCCCCCC/C=C\CCCC(=O)NS(=O)(=O)c1ccc(-c2ccccc2)cc1. The highest BCUT2D eigenvalue weighted by Gasteiger charge is 2.17. The van der Waals surface area contributed by atoms with Crippen molar-refractivity contribution in [2.24, 2.45) is 0 Å². The van der Waals surface area contributed by atoms with Gasteiger partial charge in [-0.2, -0.15) is 0 Å². The second-order valence-corrected chi connectivity index (χ2v) is 11.4. The van der Waals surface area contributed by atoms with Gasteiger partial charge in [0, 0.05) is 6.42 Å². The van der Waals surface area contributed by atoms with Gasteiger partial charge in [0.15, 0.2) is 0 Å². The van der Waals surface area contributed by atoms with Gasteiger partial charge in [0.2, 0.25) is 5.91 Å². The molecule has 208 valence electrons. The summed E-state index contributed by atoms with van der Waals surface area (Å²) in [7, 11) is -3.87. The average Bonchev–Trinajstić information content (AvgIpc) is 2.92. The standard InChI is InChI=1S/C32H45NO4S/c1-2-3-21-30(34)22-17-12-10-8-6-4-5-7-9-11-13-18-23-32(35)33-38(36,37)31-26-24-29(25-27-31)28-19-15-14-16-20-28/h9,11,14-17,19-20,22,24-27,30,34H,2-8,10,12-13,18,21,23H2,1H3,(H,33,35)/b11-9-,22-17-/t30-/m1/s1. The Labute approximate surface area is 230 Å². The number of aliphatic hydroxyl groups excluding tert-OH is 1. The highest BCUT2D eigenvalue weighted by Crippen LogP contribution is 2.21. The minimum absolute atomic E-state index is 0.0862. The molecule has 0 saturated heterocycles. The number of amides is 1. The van der Waals surface area contributed by atoms with Crippen molar-refractivity contribution in [2.75, 3.05) is 0 Å². The number of unbranched alkanes of at least 4 members (excludes halogenated alkanes) is 8. The van der Waals surface area contributed by atoms with Crippen LogP contribution in [0.2, 0.25) is 0 Å². The molecule has 6 heteroatoms. The lowest BCUT2D eigenvalue weighted by Crippen LogP contribution is -2.30. The van der Waals surface area contributed by atoms with Crippen LogP contribution in [0.5, 0.6) is 0 Å². The van der Waals surface area contributed by atoms with E-state index in [0.717, 1.165) is 56.1 Å². The molecule has 0 radical (unpaired) electrons. The van der Waals surface area contributed by atoms with Crippen molar-refractivity contribution >= 4 is 15.9 Å². The number of nitrogens with one attached hydrogen (secondary N) is 1. The fourth-order valence-electron chi connectivity index (χ4n) is 4.15. The van der Waals surface area contributed by atoms with Crippen molar-refractivity contribution in [2.45, 2.75) is 101 Å². The van der Waals surface area contributed by atoms with Crippen molar-refractivity contribution in [1.82, 2.24) is 4.72 Å². The molecule has 0 saturated carbocycles. The molecule has 2 N–H and O–H groups in total. The van der Waals surface area contributed by atoms with Crippen LogP contribution in [0, 0.1) is 0 Å². The number of carbonyl (C=O) groups is 1. The van der Waals surface area contributed by atoms with Gasteiger partial charge >= 0.3 is 0 Å². The number of rotatable bonds is 19. The lowest BCUT2D eigenvalue weighted by molar-refractivity contribution is -0.119. The van der Waals surface area contributed by atoms with E-state index in [4.69, 9.17) is 0 Å². The fraction of sp³-hybridized carbons (Fsp3) is 0.469. The highest BCUT2D eigenvalue weighted by molar-refractivity contribution is 7.90. The first-order valence-corrected chi connectivity index (χ1v) is 15.6. The lowest BCUT2D eigenvalue weighted by Gasteiger charge is -2.08. The third kappa shape index (κ3) is 13.2. The number of sulfonamides is 1.